The van der Waals surface area contributed by atoms with Crippen LogP contribution in [0, 0.1) is 12.7 Å². The lowest BCUT2D eigenvalue weighted by molar-refractivity contribution is -0.127. The number of pyridine rings is 1. The van der Waals surface area contributed by atoms with Crippen molar-refractivity contribution in [2.75, 3.05) is 21.2 Å². The van der Waals surface area contributed by atoms with E-state index in [1.165, 1.54) is 19.2 Å². The zero-order valence-electron chi connectivity index (χ0n) is 15.3. The summed E-state index contributed by atoms with van der Waals surface area (Å²) in [5.41, 5.74) is 4.21. The molecule has 3 aromatic rings. The monoisotopic (exact) mass is 352 g/mol. The molecule has 1 amide bonds. The van der Waals surface area contributed by atoms with Crippen LogP contribution in [0.25, 0.3) is 22.2 Å². The van der Waals surface area contributed by atoms with Gasteiger partial charge in [0, 0.05) is 31.1 Å². The molecule has 1 heterocycles. The number of carbonyl (C=O) groups is 1. The van der Waals surface area contributed by atoms with Crippen LogP contribution in [0.4, 0.5) is 4.39 Å². The van der Waals surface area contributed by atoms with E-state index in [4.69, 9.17) is 9.72 Å². The minimum Gasteiger partial charge on any atom is -0.496 e. The van der Waals surface area contributed by atoms with Gasteiger partial charge in [-0.15, -0.1) is 0 Å². The molecule has 0 unspecified atom stereocenters. The average Bonchev–Trinajstić information content (AvgIpc) is 2.61. The van der Waals surface area contributed by atoms with Gasteiger partial charge in [0.05, 0.1) is 24.7 Å². The van der Waals surface area contributed by atoms with Crippen LogP contribution in [0.3, 0.4) is 0 Å². The van der Waals surface area contributed by atoms with Gasteiger partial charge in [0.1, 0.15) is 11.6 Å². The largest absolute Gasteiger partial charge is 0.496 e. The van der Waals surface area contributed by atoms with E-state index in [1.807, 2.05) is 31.2 Å². The number of methoxy groups -OCH3 is 1. The highest BCUT2D eigenvalue weighted by atomic mass is 19.1. The first-order valence-corrected chi connectivity index (χ1v) is 8.33. The molecule has 0 aliphatic carbocycles. The molecule has 2 aromatic carbocycles. The Morgan fingerprint density at radius 1 is 1.15 bits per heavy atom. The molecule has 0 atom stereocenters. The van der Waals surface area contributed by atoms with Crippen LogP contribution < -0.4 is 4.74 Å². The predicted octanol–water partition coefficient (Wildman–Crippen LogP) is 3.99. The fourth-order valence-electron chi connectivity index (χ4n) is 2.91. The molecule has 0 aliphatic rings. The summed E-state index contributed by atoms with van der Waals surface area (Å²) < 4.78 is 18.8. The summed E-state index contributed by atoms with van der Waals surface area (Å²) in [4.78, 5) is 18.3. The Morgan fingerprint density at radius 3 is 2.62 bits per heavy atom. The smallest absolute Gasteiger partial charge is 0.226 e. The van der Waals surface area contributed by atoms with E-state index in [1.54, 1.807) is 25.1 Å². The van der Waals surface area contributed by atoms with Crippen LogP contribution in [-0.2, 0) is 11.2 Å². The maximum atomic E-state index is 13.5. The Kier molecular flexibility index (Phi) is 4.89. The SMILES string of the molecule is COc1cc(F)ccc1-c1cc(C)c2ccc(CC(=O)N(C)C)cc2n1. The van der Waals surface area contributed by atoms with Gasteiger partial charge in [-0.05, 0) is 42.3 Å². The van der Waals surface area contributed by atoms with Crippen molar-refractivity contribution in [1.29, 1.82) is 0 Å². The van der Waals surface area contributed by atoms with E-state index in [0.29, 0.717) is 17.9 Å². The quantitative estimate of drug-likeness (QED) is 0.713. The van der Waals surface area contributed by atoms with E-state index < -0.39 is 0 Å². The maximum absolute atomic E-state index is 13.5. The highest BCUT2D eigenvalue weighted by Crippen LogP contribution is 2.32. The third-order valence-electron chi connectivity index (χ3n) is 4.37. The molecule has 5 heteroatoms. The Morgan fingerprint density at radius 2 is 1.92 bits per heavy atom. The van der Waals surface area contributed by atoms with Gasteiger partial charge in [-0.25, -0.2) is 9.37 Å². The second-order valence-corrected chi connectivity index (χ2v) is 6.49. The molecule has 0 bridgehead atoms. The molecule has 134 valence electrons. The lowest BCUT2D eigenvalue weighted by atomic mass is 10.0. The number of hydrogen-bond acceptors (Lipinski definition) is 3. The van der Waals surface area contributed by atoms with Gasteiger partial charge < -0.3 is 9.64 Å². The first-order chi connectivity index (χ1) is 12.4. The molecule has 0 N–H and O–H groups in total. The first kappa shape index (κ1) is 17.9. The number of hydrogen-bond donors (Lipinski definition) is 0. The van der Waals surface area contributed by atoms with Crippen molar-refractivity contribution >= 4 is 16.8 Å². The normalized spacial score (nSPS) is 10.8. The van der Waals surface area contributed by atoms with E-state index in [9.17, 15) is 9.18 Å². The summed E-state index contributed by atoms with van der Waals surface area (Å²) >= 11 is 0. The number of amides is 1. The van der Waals surface area contributed by atoms with Crippen molar-refractivity contribution in [2.24, 2.45) is 0 Å². The van der Waals surface area contributed by atoms with Crippen LogP contribution in [-0.4, -0.2) is 37.0 Å². The molecule has 0 radical (unpaired) electrons. The van der Waals surface area contributed by atoms with Crippen LogP contribution in [0.2, 0.25) is 0 Å². The zero-order valence-corrected chi connectivity index (χ0v) is 15.3. The summed E-state index contributed by atoms with van der Waals surface area (Å²) in [6.07, 6.45) is 0.327. The number of benzene rings is 2. The molecule has 4 nitrogen and oxygen atoms in total. The number of likely N-dealkylation sites (N-methyl/N-ethyl adjacent to an activating group) is 1. The second kappa shape index (κ2) is 7.12. The van der Waals surface area contributed by atoms with Gasteiger partial charge in [0.2, 0.25) is 5.91 Å². The van der Waals surface area contributed by atoms with E-state index in [-0.39, 0.29) is 11.7 Å². The third-order valence-corrected chi connectivity index (χ3v) is 4.37. The fraction of sp³-hybridized carbons (Fsp3) is 0.238. The predicted molar refractivity (Wildman–Crippen MR) is 101 cm³/mol. The first-order valence-electron chi connectivity index (χ1n) is 8.33. The zero-order chi connectivity index (χ0) is 18.8. The van der Waals surface area contributed by atoms with E-state index in [0.717, 1.165) is 27.6 Å². The number of rotatable bonds is 4. The molecule has 0 aliphatic heterocycles. The maximum Gasteiger partial charge on any atom is 0.226 e. The lowest BCUT2D eigenvalue weighted by Crippen LogP contribution is -2.23. The van der Waals surface area contributed by atoms with Crippen LogP contribution >= 0.6 is 0 Å². The lowest BCUT2D eigenvalue weighted by Gasteiger charge is -2.13. The van der Waals surface area contributed by atoms with Gasteiger partial charge in [0.15, 0.2) is 0 Å². The number of fused-ring (bicyclic) bond motifs is 1. The summed E-state index contributed by atoms with van der Waals surface area (Å²) in [7, 11) is 4.99. The number of carbonyl (C=O) groups excluding carboxylic acids is 1. The van der Waals surface area contributed by atoms with Crippen molar-refractivity contribution in [3.8, 4) is 17.0 Å². The van der Waals surface area contributed by atoms with Crippen molar-refractivity contribution in [2.45, 2.75) is 13.3 Å². The topological polar surface area (TPSA) is 42.4 Å². The van der Waals surface area contributed by atoms with Crippen LogP contribution in [0.15, 0.2) is 42.5 Å². The van der Waals surface area contributed by atoms with Crippen LogP contribution in [0.1, 0.15) is 11.1 Å². The van der Waals surface area contributed by atoms with Crippen LogP contribution in [0.5, 0.6) is 5.75 Å². The van der Waals surface area contributed by atoms with Gasteiger partial charge >= 0.3 is 0 Å². The fourth-order valence-corrected chi connectivity index (χ4v) is 2.91. The van der Waals surface area contributed by atoms with Crippen molar-refractivity contribution in [3.05, 3.63) is 59.4 Å². The molecule has 0 fully saturated rings. The van der Waals surface area contributed by atoms with Gasteiger partial charge in [-0.3, -0.25) is 4.79 Å². The molecular weight excluding hydrogens is 331 g/mol. The van der Waals surface area contributed by atoms with Crippen molar-refractivity contribution < 1.29 is 13.9 Å². The summed E-state index contributed by atoms with van der Waals surface area (Å²) in [6, 6.07) is 12.2. The minimum atomic E-state index is -0.354. The van der Waals surface area contributed by atoms with E-state index >= 15 is 0 Å². The molecule has 0 saturated carbocycles. The van der Waals surface area contributed by atoms with Crippen molar-refractivity contribution in [3.63, 3.8) is 0 Å². The molecule has 0 saturated heterocycles. The van der Waals surface area contributed by atoms with E-state index in [2.05, 4.69) is 0 Å². The molecular formula is C21H21FN2O2. The number of nitrogens with zero attached hydrogens (tertiary/aromatic N) is 2. The highest BCUT2D eigenvalue weighted by molar-refractivity contribution is 5.87. The molecule has 26 heavy (non-hydrogen) atoms. The third kappa shape index (κ3) is 3.52. The Balaban J connectivity index is 2.10. The molecule has 3 rings (SSSR count). The number of halogens is 1. The summed E-state index contributed by atoms with van der Waals surface area (Å²) in [5, 5.41) is 1.02. The number of ether oxygens (including phenoxy) is 1. The summed E-state index contributed by atoms with van der Waals surface area (Å²) in [5.74, 6) is 0.125. The average molecular weight is 352 g/mol. The minimum absolute atomic E-state index is 0.0393. The molecule has 1 aromatic heterocycles. The number of aromatic nitrogens is 1. The Bertz CT molecular complexity index is 983. The molecule has 0 spiro atoms. The van der Waals surface area contributed by atoms with Gasteiger partial charge in [0.25, 0.3) is 0 Å². The highest BCUT2D eigenvalue weighted by Gasteiger charge is 2.12. The Labute approximate surface area is 152 Å². The Hall–Kier alpha value is -2.95. The van der Waals surface area contributed by atoms with Gasteiger partial charge in [-0.1, -0.05) is 12.1 Å². The second-order valence-electron chi connectivity index (χ2n) is 6.49. The summed E-state index contributed by atoms with van der Waals surface area (Å²) in [6.45, 7) is 2.01. The standard InChI is InChI=1S/C21H21FN2O2/c1-13-9-18(17-8-6-15(22)12-20(17)26-4)23-19-10-14(5-7-16(13)19)11-21(25)24(2)3/h5-10,12H,11H2,1-4H3. The number of aryl methyl sites for hydroxylation is 1. The van der Waals surface area contributed by atoms with Crippen molar-refractivity contribution in [1.82, 2.24) is 9.88 Å². The van der Waals surface area contributed by atoms with Gasteiger partial charge in [-0.2, -0.15) is 0 Å².